The molecule has 0 bridgehead atoms. The summed E-state index contributed by atoms with van der Waals surface area (Å²) in [5, 5.41) is 9.17. The van der Waals surface area contributed by atoms with Crippen LogP contribution >= 0.6 is 0 Å². The van der Waals surface area contributed by atoms with Crippen LogP contribution < -0.4 is 0 Å². The molecule has 0 radical (unpaired) electrons. The first-order valence-corrected chi connectivity index (χ1v) is 6.32. The molecule has 2 aliphatic rings. The van der Waals surface area contributed by atoms with E-state index in [1.54, 1.807) is 0 Å². The number of carboxylic acid groups (broad SMARTS) is 1. The number of rotatable bonds is 3. The zero-order valence-electron chi connectivity index (χ0n) is 9.73. The third-order valence-corrected chi connectivity index (χ3v) is 3.73. The molecule has 2 aliphatic heterocycles. The van der Waals surface area contributed by atoms with Crippen LogP contribution in [-0.4, -0.2) is 48.3 Å². The van der Waals surface area contributed by atoms with Gasteiger partial charge in [0.05, 0.1) is 0 Å². The molecule has 0 aliphatic carbocycles. The van der Waals surface area contributed by atoms with Crippen molar-refractivity contribution in [2.24, 2.45) is 5.92 Å². The Balaban J connectivity index is 1.87. The fraction of sp³-hybridized carbons (Fsp3) is 0.917. The Labute approximate surface area is 96.6 Å². The van der Waals surface area contributed by atoms with Crippen molar-refractivity contribution in [1.82, 2.24) is 4.90 Å². The lowest BCUT2D eigenvalue weighted by atomic mass is 9.95. The third-order valence-electron chi connectivity index (χ3n) is 3.73. The summed E-state index contributed by atoms with van der Waals surface area (Å²) in [7, 11) is 0. The summed E-state index contributed by atoms with van der Waals surface area (Å²) < 4.78 is 5.33. The minimum Gasteiger partial charge on any atom is -0.480 e. The average Bonchev–Trinajstić information content (AvgIpc) is 2.31. The maximum Gasteiger partial charge on any atom is 0.320 e. The van der Waals surface area contributed by atoms with Crippen LogP contribution in [0.3, 0.4) is 0 Å². The molecule has 0 spiro atoms. The Hall–Kier alpha value is -0.610. The quantitative estimate of drug-likeness (QED) is 0.790. The zero-order chi connectivity index (χ0) is 11.4. The molecule has 0 unspecified atom stereocenters. The van der Waals surface area contributed by atoms with E-state index in [0.29, 0.717) is 5.92 Å². The van der Waals surface area contributed by atoms with E-state index in [4.69, 9.17) is 4.74 Å². The van der Waals surface area contributed by atoms with Gasteiger partial charge >= 0.3 is 5.97 Å². The number of hydrogen-bond acceptors (Lipinski definition) is 3. The number of carbonyl (C=O) groups is 1. The van der Waals surface area contributed by atoms with Crippen molar-refractivity contribution in [3.63, 3.8) is 0 Å². The molecule has 0 saturated carbocycles. The Morgan fingerprint density at radius 2 is 2.00 bits per heavy atom. The van der Waals surface area contributed by atoms with Gasteiger partial charge in [0.25, 0.3) is 0 Å². The molecule has 16 heavy (non-hydrogen) atoms. The number of ether oxygens (including phenoxy) is 1. The second kappa shape index (κ2) is 5.64. The standard InChI is InChI=1S/C12H21NO3/c14-12(15)11-3-1-2-6-13(11)9-10-4-7-16-8-5-10/h10-11H,1-9H2,(H,14,15)/t11-/m0/s1. The van der Waals surface area contributed by atoms with Crippen molar-refractivity contribution in [1.29, 1.82) is 0 Å². The molecular weight excluding hydrogens is 206 g/mol. The SMILES string of the molecule is O=C(O)[C@@H]1CCCCN1CC1CCOCC1. The first-order chi connectivity index (χ1) is 7.77. The fourth-order valence-corrected chi connectivity index (χ4v) is 2.75. The van der Waals surface area contributed by atoms with Crippen LogP contribution in [0.4, 0.5) is 0 Å². The van der Waals surface area contributed by atoms with Crippen molar-refractivity contribution >= 4 is 5.97 Å². The highest BCUT2D eigenvalue weighted by Gasteiger charge is 2.30. The van der Waals surface area contributed by atoms with E-state index in [1.807, 2.05) is 0 Å². The van der Waals surface area contributed by atoms with Gasteiger partial charge in [0.1, 0.15) is 6.04 Å². The van der Waals surface area contributed by atoms with Gasteiger partial charge in [0.15, 0.2) is 0 Å². The summed E-state index contributed by atoms with van der Waals surface area (Å²) in [5.74, 6) is -0.0135. The summed E-state index contributed by atoms with van der Waals surface area (Å²) in [4.78, 5) is 13.3. The minimum absolute atomic E-state index is 0.239. The summed E-state index contributed by atoms with van der Waals surface area (Å²) >= 11 is 0. The second-order valence-electron chi connectivity index (χ2n) is 4.90. The van der Waals surface area contributed by atoms with Crippen LogP contribution in [0.2, 0.25) is 0 Å². The largest absolute Gasteiger partial charge is 0.480 e. The van der Waals surface area contributed by atoms with Gasteiger partial charge in [-0.25, -0.2) is 0 Å². The Morgan fingerprint density at radius 3 is 2.69 bits per heavy atom. The smallest absolute Gasteiger partial charge is 0.320 e. The van der Waals surface area contributed by atoms with E-state index in [9.17, 15) is 9.90 Å². The molecular formula is C12H21NO3. The average molecular weight is 227 g/mol. The molecule has 4 nitrogen and oxygen atoms in total. The maximum absolute atomic E-state index is 11.1. The number of piperidine rings is 1. The predicted molar refractivity (Wildman–Crippen MR) is 60.4 cm³/mol. The second-order valence-corrected chi connectivity index (χ2v) is 4.90. The number of carboxylic acids is 1. The number of aliphatic carboxylic acids is 1. The highest BCUT2D eigenvalue weighted by molar-refractivity contribution is 5.73. The maximum atomic E-state index is 11.1. The van der Waals surface area contributed by atoms with Crippen molar-refractivity contribution in [2.45, 2.75) is 38.1 Å². The Bertz CT molecular complexity index is 238. The van der Waals surface area contributed by atoms with Crippen LogP contribution in [0.5, 0.6) is 0 Å². The highest BCUT2D eigenvalue weighted by atomic mass is 16.5. The molecule has 0 aromatic heterocycles. The monoisotopic (exact) mass is 227 g/mol. The molecule has 2 saturated heterocycles. The van der Waals surface area contributed by atoms with E-state index < -0.39 is 5.97 Å². The van der Waals surface area contributed by atoms with Crippen LogP contribution in [0.15, 0.2) is 0 Å². The van der Waals surface area contributed by atoms with Gasteiger partial charge in [-0.05, 0) is 38.1 Å². The van der Waals surface area contributed by atoms with Crippen molar-refractivity contribution < 1.29 is 14.6 Å². The molecule has 0 aromatic carbocycles. The topological polar surface area (TPSA) is 49.8 Å². The van der Waals surface area contributed by atoms with Crippen molar-refractivity contribution in [3.05, 3.63) is 0 Å². The Kier molecular flexibility index (Phi) is 4.18. The normalized spacial score (nSPS) is 29.1. The van der Waals surface area contributed by atoms with Crippen LogP contribution in [0.25, 0.3) is 0 Å². The summed E-state index contributed by atoms with van der Waals surface area (Å²) in [5.41, 5.74) is 0. The molecule has 2 rings (SSSR count). The van der Waals surface area contributed by atoms with Crippen LogP contribution in [-0.2, 0) is 9.53 Å². The summed E-state index contributed by atoms with van der Waals surface area (Å²) in [6.07, 6.45) is 5.19. The molecule has 0 amide bonds. The van der Waals surface area contributed by atoms with Gasteiger partial charge < -0.3 is 9.84 Å². The van der Waals surface area contributed by atoms with Gasteiger partial charge in [0, 0.05) is 19.8 Å². The van der Waals surface area contributed by atoms with Gasteiger partial charge in [-0.1, -0.05) is 6.42 Å². The van der Waals surface area contributed by atoms with E-state index in [2.05, 4.69) is 4.90 Å². The third kappa shape index (κ3) is 2.95. The van der Waals surface area contributed by atoms with E-state index >= 15 is 0 Å². The Morgan fingerprint density at radius 1 is 1.25 bits per heavy atom. The highest BCUT2D eigenvalue weighted by Crippen LogP contribution is 2.22. The summed E-state index contributed by atoms with van der Waals surface area (Å²) in [6.45, 7) is 3.58. The molecule has 4 heteroatoms. The van der Waals surface area contributed by atoms with Crippen LogP contribution in [0, 0.1) is 5.92 Å². The first-order valence-electron chi connectivity index (χ1n) is 6.32. The summed E-state index contributed by atoms with van der Waals surface area (Å²) in [6, 6.07) is -0.239. The minimum atomic E-state index is -0.647. The molecule has 92 valence electrons. The molecule has 2 fully saturated rings. The molecule has 1 N–H and O–H groups in total. The predicted octanol–water partition coefficient (Wildman–Crippen LogP) is 1.35. The van der Waals surface area contributed by atoms with Gasteiger partial charge in [-0.2, -0.15) is 0 Å². The van der Waals surface area contributed by atoms with Crippen molar-refractivity contribution in [2.75, 3.05) is 26.3 Å². The molecule has 2 heterocycles. The lowest BCUT2D eigenvalue weighted by Crippen LogP contribution is -2.47. The number of likely N-dealkylation sites (tertiary alicyclic amines) is 1. The zero-order valence-corrected chi connectivity index (χ0v) is 9.73. The van der Waals surface area contributed by atoms with E-state index in [0.717, 1.165) is 58.4 Å². The number of hydrogen-bond donors (Lipinski definition) is 1. The van der Waals surface area contributed by atoms with E-state index in [1.165, 1.54) is 0 Å². The van der Waals surface area contributed by atoms with E-state index in [-0.39, 0.29) is 6.04 Å². The van der Waals surface area contributed by atoms with Gasteiger partial charge in [-0.3, -0.25) is 9.69 Å². The van der Waals surface area contributed by atoms with Crippen LogP contribution in [0.1, 0.15) is 32.1 Å². The molecule has 0 aromatic rings. The fourth-order valence-electron chi connectivity index (χ4n) is 2.75. The first kappa shape index (κ1) is 11.9. The lowest BCUT2D eigenvalue weighted by molar-refractivity contribution is -0.145. The number of nitrogens with zero attached hydrogens (tertiary/aromatic N) is 1. The van der Waals surface area contributed by atoms with Gasteiger partial charge in [-0.15, -0.1) is 0 Å². The lowest BCUT2D eigenvalue weighted by Gasteiger charge is -2.36. The van der Waals surface area contributed by atoms with Crippen molar-refractivity contribution in [3.8, 4) is 0 Å². The molecule has 1 atom stereocenters. The van der Waals surface area contributed by atoms with Gasteiger partial charge in [0.2, 0.25) is 0 Å².